The van der Waals surface area contributed by atoms with E-state index in [2.05, 4.69) is 0 Å². The average Bonchev–Trinajstić information content (AvgIpc) is 2.60. The third-order valence-electron chi connectivity index (χ3n) is 2.32. The van der Waals surface area contributed by atoms with E-state index in [1.165, 1.54) is 0 Å². The Morgan fingerprint density at radius 3 is 2.62 bits per heavy atom. The van der Waals surface area contributed by atoms with E-state index >= 15 is 0 Å². The van der Waals surface area contributed by atoms with Gasteiger partial charge in [0.05, 0.1) is 17.8 Å². The Hall–Kier alpha value is -0.870. The van der Waals surface area contributed by atoms with Crippen LogP contribution in [-0.4, -0.2) is 35.5 Å². The molecule has 4 heteroatoms. The van der Waals surface area contributed by atoms with Crippen LogP contribution in [0.25, 0.3) is 0 Å². The minimum absolute atomic E-state index is 0.103. The van der Waals surface area contributed by atoms with Gasteiger partial charge in [-0.2, -0.15) is 0 Å². The summed E-state index contributed by atoms with van der Waals surface area (Å²) in [6.45, 7) is 3.49. The van der Waals surface area contributed by atoms with Gasteiger partial charge in [0.15, 0.2) is 0 Å². The molecule has 0 radical (unpaired) electrons. The number of aliphatic hydroxyl groups excluding tert-OH is 1. The fourth-order valence-corrected chi connectivity index (χ4v) is 1.43. The van der Waals surface area contributed by atoms with Crippen LogP contribution in [0.3, 0.4) is 0 Å². The summed E-state index contributed by atoms with van der Waals surface area (Å²) >= 11 is 0. The molecule has 13 heavy (non-hydrogen) atoms. The minimum atomic E-state index is -0.657. The molecule has 1 saturated heterocycles. The lowest BCUT2D eigenvalue weighted by molar-refractivity contribution is -0.143. The van der Waals surface area contributed by atoms with Gasteiger partial charge in [-0.1, -0.05) is 0 Å². The van der Waals surface area contributed by atoms with E-state index in [1.807, 2.05) is 6.92 Å². The zero-order valence-electron chi connectivity index (χ0n) is 7.56. The first-order valence-corrected chi connectivity index (χ1v) is 4.36. The van der Waals surface area contributed by atoms with Gasteiger partial charge in [0.1, 0.15) is 12.2 Å². The number of cyclic esters (lactones) is 1. The van der Waals surface area contributed by atoms with E-state index in [1.54, 1.807) is 13.0 Å². The van der Waals surface area contributed by atoms with Crippen molar-refractivity contribution in [2.45, 2.75) is 38.3 Å². The van der Waals surface area contributed by atoms with Crippen LogP contribution < -0.4 is 0 Å². The third-order valence-corrected chi connectivity index (χ3v) is 2.32. The first kappa shape index (κ1) is 8.72. The minimum Gasteiger partial charge on any atom is -0.452 e. The summed E-state index contributed by atoms with van der Waals surface area (Å²) in [5.74, 6) is -0.361. The normalized spacial score (nSPS) is 39.8. The van der Waals surface area contributed by atoms with Crippen LogP contribution in [-0.2, 0) is 14.3 Å². The second kappa shape index (κ2) is 2.82. The molecule has 2 aliphatic heterocycles. The molecule has 1 N–H and O–H groups in total. The maximum atomic E-state index is 11.2. The maximum absolute atomic E-state index is 11.2. The fourth-order valence-electron chi connectivity index (χ4n) is 1.43. The molecule has 1 fully saturated rings. The molecule has 3 unspecified atom stereocenters. The SMILES string of the molecule is CC1OC1C1=CC([C@H](C)O)OC1=O. The second-order valence-electron chi connectivity index (χ2n) is 3.49. The number of epoxide rings is 1. The van der Waals surface area contributed by atoms with Crippen LogP contribution in [0.15, 0.2) is 11.6 Å². The lowest BCUT2D eigenvalue weighted by Gasteiger charge is -2.09. The van der Waals surface area contributed by atoms with Crippen molar-refractivity contribution >= 4 is 5.97 Å². The highest BCUT2D eigenvalue weighted by molar-refractivity contribution is 5.92. The molecule has 0 amide bonds. The van der Waals surface area contributed by atoms with E-state index < -0.39 is 12.2 Å². The van der Waals surface area contributed by atoms with E-state index in [0.29, 0.717) is 5.57 Å². The van der Waals surface area contributed by atoms with Crippen molar-refractivity contribution in [3.05, 3.63) is 11.6 Å². The molecule has 2 heterocycles. The summed E-state index contributed by atoms with van der Waals surface area (Å²) in [6.07, 6.45) is 0.485. The molecule has 0 spiro atoms. The number of aliphatic hydroxyl groups is 1. The Bertz CT molecular complexity index is 269. The van der Waals surface area contributed by atoms with Crippen molar-refractivity contribution in [2.75, 3.05) is 0 Å². The smallest absolute Gasteiger partial charge is 0.337 e. The van der Waals surface area contributed by atoms with Crippen molar-refractivity contribution in [3.63, 3.8) is 0 Å². The summed E-state index contributed by atoms with van der Waals surface area (Å²) in [4.78, 5) is 11.2. The van der Waals surface area contributed by atoms with E-state index in [4.69, 9.17) is 9.47 Å². The molecule has 2 aliphatic rings. The molecular weight excluding hydrogens is 172 g/mol. The van der Waals surface area contributed by atoms with Gasteiger partial charge in [0.2, 0.25) is 0 Å². The number of carbonyl (C=O) groups excluding carboxylic acids is 1. The van der Waals surface area contributed by atoms with Gasteiger partial charge >= 0.3 is 5.97 Å². The molecule has 2 rings (SSSR count). The lowest BCUT2D eigenvalue weighted by Crippen LogP contribution is -2.22. The molecular formula is C9H12O4. The summed E-state index contributed by atoms with van der Waals surface area (Å²) < 4.78 is 10.1. The van der Waals surface area contributed by atoms with Gasteiger partial charge in [-0.05, 0) is 19.9 Å². The highest BCUT2D eigenvalue weighted by atomic mass is 16.6. The third kappa shape index (κ3) is 1.47. The molecule has 0 aliphatic carbocycles. The summed E-state index contributed by atoms with van der Waals surface area (Å²) in [6, 6.07) is 0. The summed E-state index contributed by atoms with van der Waals surface area (Å²) in [5, 5.41) is 9.19. The van der Waals surface area contributed by atoms with Crippen molar-refractivity contribution in [1.82, 2.24) is 0 Å². The first-order valence-electron chi connectivity index (χ1n) is 4.36. The topological polar surface area (TPSA) is 59.1 Å². The van der Waals surface area contributed by atoms with Crippen molar-refractivity contribution in [2.24, 2.45) is 0 Å². The van der Waals surface area contributed by atoms with Gasteiger partial charge in [0, 0.05) is 0 Å². The molecule has 0 aromatic heterocycles. The fraction of sp³-hybridized carbons (Fsp3) is 0.667. The zero-order valence-corrected chi connectivity index (χ0v) is 7.56. The van der Waals surface area contributed by atoms with Crippen LogP contribution in [0.5, 0.6) is 0 Å². The van der Waals surface area contributed by atoms with Crippen molar-refractivity contribution in [1.29, 1.82) is 0 Å². The predicted molar refractivity (Wildman–Crippen MR) is 44.0 cm³/mol. The van der Waals surface area contributed by atoms with Crippen LogP contribution in [0.2, 0.25) is 0 Å². The average molecular weight is 184 g/mol. The number of hydrogen-bond acceptors (Lipinski definition) is 4. The molecule has 72 valence electrons. The van der Waals surface area contributed by atoms with Crippen molar-refractivity contribution in [3.8, 4) is 0 Å². The molecule has 4 nitrogen and oxygen atoms in total. The Labute approximate surface area is 76.1 Å². The highest BCUT2D eigenvalue weighted by Gasteiger charge is 2.45. The Morgan fingerprint density at radius 2 is 2.23 bits per heavy atom. The molecule has 0 saturated carbocycles. The Kier molecular flexibility index (Phi) is 1.89. The number of rotatable bonds is 2. The molecule has 0 aromatic carbocycles. The van der Waals surface area contributed by atoms with E-state index in [-0.39, 0.29) is 18.2 Å². The zero-order chi connectivity index (χ0) is 9.59. The summed E-state index contributed by atoms with van der Waals surface area (Å²) in [5.41, 5.74) is 0.554. The van der Waals surface area contributed by atoms with Crippen LogP contribution >= 0.6 is 0 Å². The number of ether oxygens (including phenoxy) is 2. The first-order chi connectivity index (χ1) is 6.09. The van der Waals surface area contributed by atoms with Crippen LogP contribution in [0, 0.1) is 0 Å². The van der Waals surface area contributed by atoms with Crippen LogP contribution in [0.4, 0.5) is 0 Å². The predicted octanol–water partition coefficient (Wildman–Crippen LogP) is 0.00630. The number of esters is 1. The quantitative estimate of drug-likeness (QED) is 0.485. The molecule has 0 bridgehead atoms. The molecule has 0 aromatic rings. The van der Waals surface area contributed by atoms with Gasteiger partial charge in [-0.25, -0.2) is 4.79 Å². The highest BCUT2D eigenvalue weighted by Crippen LogP contribution is 2.33. The monoisotopic (exact) mass is 184 g/mol. The number of hydrogen-bond donors (Lipinski definition) is 1. The Morgan fingerprint density at radius 1 is 1.62 bits per heavy atom. The van der Waals surface area contributed by atoms with E-state index in [0.717, 1.165) is 0 Å². The largest absolute Gasteiger partial charge is 0.452 e. The molecule has 4 atom stereocenters. The van der Waals surface area contributed by atoms with E-state index in [9.17, 15) is 9.90 Å². The summed E-state index contributed by atoms with van der Waals surface area (Å²) in [7, 11) is 0. The maximum Gasteiger partial charge on any atom is 0.337 e. The van der Waals surface area contributed by atoms with Gasteiger partial charge < -0.3 is 14.6 Å². The Balaban J connectivity index is 2.10. The van der Waals surface area contributed by atoms with Crippen molar-refractivity contribution < 1.29 is 19.4 Å². The second-order valence-corrected chi connectivity index (χ2v) is 3.49. The van der Waals surface area contributed by atoms with Gasteiger partial charge in [-0.3, -0.25) is 0 Å². The van der Waals surface area contributed by atoms with Gasteiger partial charge in [-0.15, -0.1) is 0 Å². The van der Waals surface area contributed by atoms with Gasteiger partial charge in [0.25, 0.3) is 0 Å². The number of carbonyl (C=O) groups is 1. The van der Waals surface area contributed by atoms with Crippen LogP contribution in [0.1, 0.15) is 13.8 Å². The standard InChI is InChI=1S/C9H12O4/c1-4(10)7-3-6(9(11)13-7)8-5(2)12-8/h3-5,7-8,10H,1-2H3/t4-,5?,7?,8?/m0/s1. The lowest BCUT2D eigenvalue weighted by atomic mass is 10.1.